The molecule has 0 bridgehead atoms. The van der Waals surface area contributed by atoms with Crippen LogP contribution in [0.25, 0.3) is 21.8 Å². The monoisotopic (exact) mass is 447 g/mol. The number of rotatable bonds is 5. The lowest BCUT2D eigenvalue weighted by atomic mass is 10.0. The third-order valence-electron chi connectivity index (χ3n) is 6.76. The first-order valence-corrected chi connectivity index (χ1v) is 11.6. The Kier molecular flexibility index (Phi) is 5.02. The van der Waals surface area contributed by atoms with Crippen LogP contribution in [0.5, 0.6) is 5.75 Å². The van der Waals surface area contributed by atoms with Crippen molar-refractivity contribution in [3.63, 3.8) is 0 Å². The summed E-state index contributed by atoms with van der Waals surface area (Å²) in [5.74, 6) is 1.76. The van der Waals surface area contributed by atoms with Crippen LogP contribution in [0.4, 0.5) is 5.69 Å². The van der Waals surface area contributed by atoms with Crippen molar-refractivity contribution in [3.05, 3.63) is 102 Å². The van der Waals surface area contributed by atoms with Crippen molar-refractivity contribution in [1.29, 1.82) is 0 Å². The lowest BCUT2D eigenvalue weighted by Gasteiger charge is -2.20. The van der Waals surface area contributed by atoms with Crippen LogP contribution in [0.3, 0.4) is 0 Å². The van der Waals surface area contributed by atoms with E-state index in [1.165, 1.54) is 16.3 Å². The average molecular weight is 448 g/mol. The van der Waals surface area contributed by atoms with Crippen molar-refractivity contribution in [1.82, 2.24) is 9.55 Å². The summed E-state index contributed by atoms with van der Waals surface area (Å²) in [6, 6.07) is 30.8. The van der Waals surface area contributed by atoms with E-state index in [1.54, 1.807) is 7.11 Å². The number of benzene rings is 4. The van der Waals surface area contributed by atoms with Crippen molar-refractivity contribution in [3.8, 4) is 5.75 Å². The van der Waals surface area contributed by atoms with E-state index >= 15 is 0 Å². The third-order valence-corrected chi connectivity index (χ3v) is 6.76. The smallest absolute Gasteiger partial charge is 0.227 e. The number of aromatic nitrogens is 2. The largest absolute Gasteiger partial charge is 0.495 e. The van der Waals surface area contributed by atoms with E-state index in [0.717, 1.165) is 22.5 Å². The molecule has 1 amide bonds. The first kappa shape index (κ1) is 20.5. The molecular formula is C29H25N3O2. The van der Waals surface area contributed by atoms with Crippen LogP contribution in [-0.2, 0) is 11.3 Å². The summed E-state index contributed by atoms with van der Waals surface area (Å²) < 4.78 is 7.82. The molecule has 0 N–H and O–H groups in total. The van der Waals surface area contributed by atoms with Gasteiger partial charge >= 0.3 is 0 Å². The van der Waals surface area contributed by atoms with E-state index in [9.17, 15) is 4.79 Å². The summed E-state index contributed by atoms with van der Waals surface area (Å²) in [6.45, 7) is 1.29. The summed E-state index contributed by atoms with van der Waals surface area (Å²) in [7, 11) is 1.64. The molecule has 1 fully saturated rings. The number of fused-ring (bicyclic) bond motifs is 2. The lowest BCUT2D eigenvalue weighted by molar-refractivity contribution is -0.117. The summed E-state index contributed by atoms with van der Waals surface area (Å²) in [6.07, 6.45) is 0.427. The van der Waals surface area contributed by atoms with Gasteiger partial charge in [0.25, 0.3) is 0 Å². The fourth-order valence-corrected chi connectivity index (χ4v) is 5.14. The summed E-state index contributed by atoms with van der Waals surface area (Å²) in [5.41, 5.74) is 4.11. The van der Waals surface area contributed by atoms with Gasteiger partial charge in [0.05, 0.1) is 23.8 Å². The van der Waals surface area contributed by atoms with Crippen LogP contribution in [-0.4, -0.2) is 29.1 Å². The summed E-state index contributed by atoms with van der Waals surface area (Å²) >= 11 is 0. The molecule has 1 unspecified atom stereocenters. The third kappa shape index (κ3) is 3.41. The Morgan fingerprint density at radius 3 is 2.59 bits per heavy atom. The second-order valence-electron chi connectivity index (χ2n) is 8.76. The number of amides is 1. The molecule has 2 heterocycles. The number of ether oxygens (including phenoxy) is 1. The number of hydrogen-bond donors (Lipinski definition) is 0. The average Bonchev–Trinajstić information content (AvgIpc) is 3.44. The van der Waals surface area contributed by atoms with Crippen molar-refractivity contribution in [2.24, 2.45) is 0 Å². The first-order chi connectivity index (χ1) is 16.7. The second-order valence-corrected chi connectivity index (χ2v) is 8.76. The molecule has 1 saturated heterocycles. The number of carbonyl (C=O) groups is 1. The molecule has 1 aromatic heterocycles. The Balaban J connectivity index is 1.42. The molecule has 34 heavy (non-hydrogen) atoms. The molecule has 6 rings (SSSR count). The summed E-state index contributed by atoms with van der Waals surface area (Å²) in [5, 5.41) is 2.47. The van der Waals surface area contributed by atoms with Crippen molar-refractivity contribution in [2.45, 2.75) is 18.9 Å². The van der Waals surface area contributed by atoms with Crippen LogP contribution in [0, 0.1) is 0 Å². The zero-order valence-corrected chi connectivity index (χ0v) is 19.0. The fourth-order valence-electron chi connectivity index (χ4n) is 5.14. The molecule has 1 aliphatic rings. The molecular weight excluding hydrogens is 422 g/mol. The Hall–Kier alpha value is -4.12. The SMILES string of the molecule is COc1ccccc1N1CC(c2nc3ccccc3n2Cc2cccc3ccccc23)CC1=O. The van der Waals surface area contributed by atoms with Crippen molar-refractivity contribution < 1.29 is 9.53 Å². The molecule has 1 atom stereocenters. The van der Waals surface area contributed by atoms with E-state index in [2.05, 4.69) is 53.1 Å². The number of hydrogen-bond acceptors (Lipinski definition) is 3. The fraction of sp³-hybridized carbons (Fsp3) is 0.172. The van der Waals surface area contributed by atoms with Gasteiger partial charge < -0.3 is 14.2 Å². The highest BCUT2D eigenvalue weighted by molar-refractivity contribution is 5.98. The van der Waals surface area contributed by atoms with Gasteiger partial charge in [0.1, 0.15) is 11.6 Å². The van der Waals surface area contributed by atoms with Crippen LogP contribution in [0.1, 0.15) is 23.7 Å². The van der Waals surface area contributed by atoms with Crippen molar-refractivity contribution >= 4 is 33.4 Å². The summed E-state index contributed by atoms with van der Waals surface area (Å²) in [4.78, 5) is 20.0. The van der Waals surface area contributed by atoms with Crippen LogP contribution < -0.4 is 9.64 Å². The minimum absolute atomic E-state index is 0.000196. The number of imidazole rings is 1. The van der Waals surface area contributed by atoms with Gasteiger partial charge in [-0.15, -0.1) is 0 Å². The molecule has 0 radical (unpaired) electrons. The highest BCUT2D eigenvalue weighted by Gasteiger charge is 2.36. The Morgan fingerprint density at radius 1 is 0.912 bits per heavy atom. The molecule has 0 saturated carbocycles. The Morgan fingerprint density at radius 2 is 1.68 bits per heavy atom. The number of para-hydroxylation sites is 4. The molecule has 4 aromatic carbocycles. The molecule has 5 heteroatoms. The number of carbonyl (C=O) groups excluding carboxylic acids is 1. The van der Waals surface area contributed by atoms with E-state index in [4.69, 9.17) is 9.72 Å². The van der Waals surface area contributed by atoms with Gasteiger partial charge in [-0.1, -0.05) is 66.7 Å². The molecule has 0 aliphatic carbocycles. The Labute approximate surface area is 198 Å². The van der Waals surface area contributed by atoms with E-state index < -0.39 is 0 Å². The highest BCUT2D eigenvalue weighted by atomic mass is 16.5. The molecule has 5 aromatic rings. The molecule has 0 spiro atoms. The highest BCUT2D eigenvalue weighted by Crippen LogP contribution is 2.37. The number of nitrogens with zero attached hydrogens (tertiary/aromatic N) is 3. The molecule has 1 aliphatic heterocycles. The normalized spacial score (nSPS) is 16.0. The predicted octanol–water partition coefficient (Wildman–Crippen LogP) is 5.77. The maximum Gasteiger partial charge on any atom is 0.227 e. The van der Waals surface area contributed by atoms with Gasteiger partial charge in [-0.05, 0) is 40.6 Å². The van der Waals surface area contributed by atoms with Gasteiger partial charge in [-0.2, -0.15) is 0 Å². The standard InChI is InChI=1S/C29H25N3O2/c1-34-27-16-7-6-15-26(27)31-19-22(17-28(31)33)29-30-24-13-4-5-14-25(24)32(29)18-21-11-8-10-20-9-2-3-12-23(20)21/h2-16,22H,17-19H2,1H3. The minimum Gasteiger partial charge on any atom is -0.495 e. The van der Waals surface area contributed by atoms with E-state index in [1.807, 2.05) is 47.4 Å². The van der Waals surface area contributed by atoms with Crippen LogP contribution in [0.15, 0.2) is 91.0 Å². The quantitative estimate of drug-likeness (QED) is 0.344. The molecule has 5 nitrogen and oxygen atoms in total. The van der Waals surface area contributed by atoms with Crippen LogP contribution >= 0.6 is 0 Å². The van der Waals surface area contributed by atoms with Crippen LogP contribution in [0.2, 0.25) is 0 Å². The second kappa shape index (κ2) is 8.34. The van der Waals surface area contributed by atoms with Gasteiger partial charge in [0.2, 0.25) is 5.91 Å². The zero-order valence-electron chi connectivity index (χ0n) is 19.0. The number of methoxy groups -OCH3 is 1. The van der Waals surface area contributed by atoms with Crippen molar-refractivity contribution in [2.75, 3.05) is 18.6 Å². The zero-order chi connectivity index (χ0) is 23.1. The lowest BCUT2D eigenvalue weighted by Crippen LogP contribution is -2.25. The first-order valence-electron chi connectivity index (χ1n) is 11.6. The Bertz CT molecular complexity index is 1520. The van der Waals surface area contributed by atoms with E-state index in [0.29, 0.717) is 25.3 Å². The maximum absolute atomic E-state index is 13.1. The van der Waals surface area contributed by atoms with E-state index in [-0.39, 0.29) is 11.8 Å². The van der Waals surface area contributed by atoms with Gasteiger partial charge in [0.15, 0.2) is 0 Å². The number of anilines is 1. The topological polar surface area (TPSA) is 47.4 Å². The van der Waals surface area contributed by atoms with Gasteiger partial charge in [-0.3, -0.25) is 4.79 Å². The van der Waals surface area contributed by atoms with Gasteiger partial charge in [0, 0.05) is 25.4 Å². The van der Waals surface area contributed by atoms with Gasteiger partial charge in [-0.25, -0.2) is 4.98 Å². The molecule has 168 valence electrons. The minimum atomic E-state index is -0.000196. The predicted molar refractivity (Wildman–Crippen MR) is 135 cm³/mol. The maximum atomic E-state index is 13.1.